The number of aliphatic hydroxyl groups is 1. The van der Waals surface area contributed by atoms with Crippen molar-refractivity contribution in [3.63, 3.8) is 0 Å². The molecule has 1 aliphatic rings. The summed E-state index contributed by atoms with van der Waals surface area (Å²) >= 11 is 0. The lowest BCUT2D eigenvalue weighted by Crippen LogP contribution is -2.41. The van der Waals surface area contributed by atoms with E-state index in [1.165, 1.54) is 0 Å². The van der Waals surface area contributed by atoms with Gasteiger partial charge in [-0.25, -0.2) is 13.1 Å². The van der Waals surface area contributed by atoms with Crippen LogP contribution in [0.1, 0.15) is 39.2 Å². The molecule has 2 N–H and O–H groups in total. The Morgan fingerprint density at radius 3 is 2.32 bits per heavy atom. The van der Waals surface area contributed by atoms with E-state index in [-0.39, 0.29) is 23.4 Å². The average Bonchev–Trinajstić information content (AvgIpc) is 2.68. The third-order valence-corrected chi connectivity index (χ3v) is 7.26. The molecule has 1 fully saturated rings. The fourth-order valence-electron chi connectivity index (χ4n) is 3.32. The van der Waals surface area contributed by atoms with Crippen LogP contribution in [0.3, 0.4) is 0 Å². The number of sulfonamides is 1. The van der Waals surface area contributed by atoms with Crippen molar-refractivity contribution in [3.8, 4) is 0 Å². The van der Waals surface area contributed by atoms with Gasteiger partial charge in [-0.15, -0.1) is 0 Å². The Labute approximate surface area is 134 Å². The van der Waals surface area contributed by atoms with Crippen molar-refractivity contribution < 1.29 is 13.5 Å². The van der Waals surface area contributed by atoms with Gasteiger partial charge in [-0.05, 0) is 48.6 Å². The van der Waals surface area contributed by atoms with Gasteiger partial charge in [0.05, 0.1) is 4.90 Å². The summed E-state index contributed by atoms with van der Waals surface area (Å²) in [6.07, 6.45) is 1.86. The Bertz CT molecular complexity index is 622. The van der Waals surface area contributed by atoms with Crippen molar-refractivity contribution in [2.45, 2.75) is 45.4 Å². The van der Waals surface area contributed by atoms with Gasteiger partial charge < -0.3 is 5.11 Å². The Morgan fingerprint density at radius 2 is 1.82 bits per heavy atom. The zero-order valence-corrected chi connectivity index (χ0v) is 14.7. The summed E-state index contributed by atoms with van der Waals surface area (Å²) in [5.74, 6) is 0.227. The minimum absolute atomic E-state index is 0.0997. The molecule has 1 aromatic carbocycles. The quantitative estimate of drug-likeness (QED) is 0.875. The summed E-state index contributed by atoms with van der Waals surface area (Å²) in [4.78, 5) is 0.304. The van der Waals surface area contributed by atoms with Crippen molar-refractivity contribution >= 4 is 10.0 Å². The first-order valence-electron chi connectivity index (χ1n) is 7.80. The van der Waals surface area contributed by atoms with Gasteiger partial charge in [0.2, 0.25) is 10.0 Å². The lowest BCUT2D eigenvalue weighted by molar-refractivity contribution is 0.0270. The van der Waals surface area contributed by atoms with Crippen LogP contribution in [0, 0.1) is 23.7 Å². The second kappa shape index (κ2) is 5.95. The molecular weight excluding hydrogens is 298 g/mol. The van der Waals surface area contributed by atoms with Crippen LogP contribution in [0.5, 0.6) is 0 Å². The molecule has 0 bridgehead atoms. The molecule has 0 radical (unpaired) electrons. The molecule has 0 saturated heterocycles. The predicted molar refractivity (Wildman–Crippen MR) is 88.1 cm³/mol. The number of rotatable bonds is 5. The van der Waals surface area contributed by atoms with Crippen LogP contribution in [-0.4, -0.2) is 26.7 Å². The van der Waals surface area contributed by atoms with Crippen LogP contribution in [0.15, 0.2) is 29.2 Å². The lowest BCUT2D eigenvalue weighted by atomic mass is 9.66. The fraction of sp³-hybridized carbons (Fsp3) is 0.647. The minimum Gasteiger partial charge on any atom is -0.396 e. The van der Waals surface area contributed by atoms with E-state index < -0.39 is 10.0 Å². The molecule has 0 unspecified atom stereocenters. The van der Waals surface area contributed by atoms with Crippen molar-refractivity contribution in [2.24, 2.45) is 16.7 Å². The average molecular weight is 325 g/mol. The number of benzene rings is 1. The normalized spacial score (nSPS) is 28.0. The summed E-state index contributed by atoms with van der Waals surface area (Å²) in [6.45, 7) is 8.82. The molecule has 1 aliphatic carbocycles. The highest BCUT2D eigenvalue weighted by Gasteiger charge is 2.50. The maximum atomic E-state index is 12.4. The van der Waals surface area contributed by atoms with Gasteiger partial charge in [-0.2, -0.15) is 0 Å². The van der Waals surface area contributed by atoms with Gasteiger partial charge in [0.15, 0.2) is 0 Å². The molecule has 5 heteroatoms. The highest BCUT2D eigenvalue weighted by atomic mass is 32.2. The highest BCUT2D eigenvalue weighted by molar-refractivity contribution is 7.89. The van der Waals surface area contributed by atoms with E-state index in [0.717, 1.165) is 18.4 Å². The third kappa shape index (κ3) is 3.07. The Kier molecular flexibility index (Phi) is 4.71. The smallest absolute Gasteiger partial charge is 0.240 e. The summed E-state index contributed by atoms with van der Waals surface area (Å²) in [6, 6.07) is 6.87. The number of hydrogen-bond donors (Lipinski definition) is 2. The molecular formula is C17H27NO3S. The Hall–Kier alpha value is -0.910. The van der Waals surface area contributed by atoms with E-state index in [0.29, 0.717) is 11.4 Å². The largest absolute Gasteiger partial charge is 0.396 e. The van der Waals surface area contributed by atoms with Crippen molar-refractivity contribution in [1.82, 2.24) is 4.72 Å². The van der Waals surface area contributed by atoms with Gasteiger partial charge >= 0.3 is 0 Å². The summed E-state index contributed by atoms with van der Waals surface area (Å²) in [5, 5.41) is 9.67. The molecule has 0 aliphatic heterocycles. The second-order valence-electron chi connectivity index (χ2n) is 7.34. The van der Waals surface area contributed by atoms with Crippen LogP contribution in [0.25, 0.3) is 0 Å². The summed E-state index contributed by atoms with van der Waals surface area (Å²) in [5.41, 5.74) is 0.791. The standard InChI is InChI=1S/C17H27NO3S/c1-13-5-7-15(8-6-13)22(20,21)18-11-14-9-10-17(4,12-19)16(14,2)3/h5-8,14,18-19H,9-12H2,1-4H3/t14-,17+/m1/s1. The second-order valence-corrected chi connectivity index (χ2v) is 9.11. The molecule has 2 atom stereocenters. The molecule has 0 amide bonds. The van der Waals surface area contributed by atoms with Gasteiger partial charge in [0.25, 0.3) is 0 Å². The zero-order valence-electron chi connectivity index (χ0n) is 13.9. The van der Waals surface area contributed by atoms with E-state index >= 15 is 0 Å². The zero-order chi connectivity index (χ0) is 16.6. The van der Waals surface area contributed by atoms with Gasteiger partial charge in [-0.1, -0.05) is 38.5 Å². The molecule has 4 nitrogen and oxygen atoms in total. The maximum Gasteiger partial charge on any atom is 0.240 e. The van der Waals surface area contributed by atoms with E-state index in [1.54, 1.807) is 24.3 Å². The molecule has 0 heterocycles. The van der Waals surface area contributed by atoms with E-state index in [4.69, 9.17) is 0 Å². The topological polar surface area (TPSA) is 66.4 Å². The molecule has 1 aromatic rings. The predicted octanol–water partition coefficient (Wildman–Crippen LogP) is 2.71. The van der Waals surface area contributed by atoms with E-state index in [1.807, 2.05) is 6.92 Å². The monoisotopic (exact) mass is 325 g/mol. The summed E-state index contributed by atoms with van der Waals surface area (Å²) in [7, 11) is -3.47. The minimum atomic E-state index is -3.47. The number of hydrogen-bond acceptors (Lipinski definition) is 3. The Balaban J connectivity index is 2.08. The van der Waals surface area contributed by atoms with E-state index in [9.17, 15) is 13.5 Å². The van der Waals surface area contributed by atoms with Crippen LogP contribution in [0.2, 0.25) is 0 Å². The molecule has 0 aromatic heterocycles. The third-order valence-electron chi connectivity index (χ3n) is 5.82. The summed E-state index contributed by atoms with van der Waals surface area (Å²) < 4.78 is 27.5. The fourth-order valence-corrected chi connectivity index (χ4v) is 4.40. The first-order valence-corrected chi connectivity index (χ1v) is 9.28. The molecule has 2 rings (SSSR count). The van der Waals surface area contributed by atoms with Crippen LogP contribution >= 0.6 is 0 Å². The highest BCUT2D eigenvalue weighted by Crippen LogP contribution is 2.55. The van der Waals surface area contributed by atoms with Crippen LogP contribution in [-0.2, 0) is 10.0 Å². The number of aliphatic hydroxyl groups excluding tert-OH is 1. The maximum absolute atomic E-state index is 12.4. The molecule has 124 valence electrons. The van der Waals surface area contributed by atoms with Gasteiger partial charge in [0.1, 0.15) is 0 Å². The molecule has 22 heavy (non-hydrogen) atoms. The SMILES string of the molecule is Cc1ccc(S(=O)(=O)NC[C@H]2CC[C@@](C)(CO)C2(C)C)cc1. The van der Waals surface area contributed by atoms with Crippen LogP contribution < -0.4 is 4.72 Å². The van der Waals surface area contributed by atoms with Gasteiger partial charge in [0, 0.05) is 13.2 Å². The van der Waals surface area contributed by atoms with Crippen molar-refractivity contribution in [3.05, 3.63) is 29.8 Å². The molecule has 0 spiro atoms. The lowest BCUT2D eigenvalue weighted by Gasteiger charge is -2.40. The Morgan fingerprint density at radius 1 is 1.23 bits per heavy atom. The van der Waals surface area contributed by atoms with Crippen molar-refractivity contribution in [2.75, 3.05) is 13.2 Å². The molecule has 1 saturated carbocycles. The first-order chi connectivity index (χ1) is 10.1. The number of nitrogens with one attached hydrogen (secondary N) is 1. The van der Waals surface area contributed by atoms with Crippen LogP contribution in [0.4, 0.5) is 0 Å². The van der Waals surface area contributed by atoms with Crippen molar-refractivity contribution in [1.29, 1.82) is 0 Å². The van der Waals surface area contributed by atoms with Gasteiger partial charge in [-0.3, -0.25) is 0 Å². The number of aryl methyl sites for hydroxylation is 1. The first kappa shape index (κ1) is 17.4. The van der Waals surface area contributed by atoms with E-state index in [2.05, 4.69) is 25.5 Å².